The van der Waals surface area contributed by atoms with Gasteiger partial charge in [-0.1, -0.05) is 11.2 Å². The van der Waals surface area contributed by atoms with Crippen molar-refractivity contribution >= 4 is 11.6 Å². The number of benzene rings is 2. The zero-order chi connectivity index (χ0) is 21.0. The molecule has 6 nitrogen and oxygen atoms in total. The summed E-state index contributed by atoms with van der Waals surface area (Å²) in [6.45, 7) is 1.37. The Labute approximate surface area is 162 Å². The van der Waals surface area contributed by atoms with Gasteiger partial charge in [0.1, 0.15) is 11.9 Å². The van der Waals surface area contributed by atoms with Gasteiger partial charge in [0, 0.05) is 11.3 Å². The molecule has 1 heterocycles. The van der Waals surface area contributed by atoms with Gasteiger partial charge in [-0.15, -0.1) is 0 Å². The fourth-order valence-corrected chi connectivity index (χ4v) is 2.47. The smallest absolute Gasteiger partial charge is 0.376 e. The van der Waals surface area contributed by atoms with E-state index in [0.717, 1.165) is 12.1 Å². The number of aromatic nitrogens is 2. The van der Waals surface area contributed by atoms with Gasteiger partial charge in [-0.05, 0) is 49.4 Å². The predicted molar refractivity (Wildman–Crippen MR) is 96.2 cm³/mol. The van der Waals surface area contributed by atoms with E-state index in [4.69, 9.17) is 4.52 Å². The fraction of sp³-hybridized carbons (Fsp3) is 0.211. The minimum atomic E-state index is -4.46. The number of halogens is 4. The third-order valence-corrected chi connectivity index (χ3v) is 3.94. The van der Waals surface area contributed by atoms with Crippen molar-refractivity contribution in [2.75, 3.05) is 11.9 Å². The van der Waals surface area contributed by atoms with Crippen LogP contribution in [0, 0.1) is 5.82 Å². The number of nitrogens with zero attached hydrogens (tertiary/aromatic N) is 2. The lowest BCUT2D eigenvalue weighted by atomic mass is 10.2. The summed E-state index contributed by atoms with van der Waals surface area (Å²) < 4.78 is 56.3. The normalized spacial score (nSPS) is 12.4. The van der Waals surface area contributed by atoms with Crippen LogP contribution in [0.4, 0.5) is 23.2 Å². The zero-order valence-corrected chi connectivity index (χ0v) is 15.1. The number of hydrogen-bond acceptors (Lipinski definition) is 5. The summed E-state index contributed by atoms with van der Waals surface area (Å²) in [5, 5.41) is 9.03. The second-order valence-electron chi connectivity index (χ2n) is 6.18. The molecule has 0 saturated carbocycles. The number of hydrogen-bond donors (Lipinski definition) is 2. The van der Waals surface area contributed by atoms with Crippen molar-refractivity contribution in [3.05, 3.63) is 65.8 Å². The van der Waals surface area contributed by atoms with Gasteiger partial charge in [0.2, 0.25) is 17.6 Å². The summed E-state index contributed by atoms with van der Waals surface area (Å²) >= 11 is 0. The first-order chi connectivity index (χ1) is 13.7. The molecule has 10 heteroatoms. The van der Waals surface area contributed by atoms with Gasteiger partial charge in [0.05, 0.1) is 12.1 Å². The lowest BCUT2D eigenvalue weighted by Gasteiger charge is -2.12. The number of amides is 1. The molecule has 0 fully saturated rings. The fourth-order valence-electron chi connectivity index (χ4n) is 2.47. The van der Waals surface area contributed by atoms with Crippen LogP contribution in [-0.2, 0) is 11.0 Å². The molecule has 3 rings (SSSR count). The van der Waals surface area contributed by atoms with Crippen LogP contribution in [0.1, 0.15) is 24.4 Å². The van der Waals surface area contributed by atoms with Crippen LogP contribution < -0.4 is 10.6 Å². The van der Waals surface area contributed by atoms with E-state index in [1.807, 2.05) is 0 Å². The van der Waals surface area contributed by atoms with E-state index in [-0.39, 0.29) is 23.9 Å². The highest BCUT2D eigenvalue weighted by Crippen LogP contribution is 2.30. The first kappa shape index (κ1) is 20.3. The van der Waals surface area contributed by atoms with Crippen LogP contribution >= 0.6 is 0 Å². The maximum Gasteiger partial charge on any atom is 0.416 e. The number of carbonyl (C=O) groups excluding carboxylic acids is 1. The molecule has 1 amide bonds. The summed E-state index contributed by atoms with van der Waals surface area (Å²) in [6.07, 6.45) is -4.46. The van der Waals surface area contributed by atoms with E-state index < -0.39 is 29.5 Å². The molecule has 1 aromatic heterocycles. The van der Waals surface area contributed by atoms with Crippen molar-refractivity contribution in [3.63, 3.8) is 0 Å². The highest BCUT2D eigenvalue weighted by molar-refractivity contribution is 5.81. The Balaban J connectivity index is 1.56. The molecular formula is C19H16F4N4O2. The van der Waals surface area contributed by atoms with E-state index in [0.29, 0.717) is 5.56 Å². The molecule has 0 radical (unpaired) electrons. The highest BCUT2D eigenvalue weighted by Gasteiger charge is 2.30. The summed E-state index contributed by atoms with van der Waals surface area (Å²) in [7, 11) is 0. The Morgan fingerprint density at radius 2 is 1.90 bits per heavy atom. The van der Waals surface area contributed by atoms with Crippen molar-refractivity contribution in [2.24, 2.45) is 0 Å². The van der Waals surface area contributed by atoms with E-state index in [2.05, 4.69) is 20.8 Å². The first-order valence-corrected chi connectivity index (χ1v) is 8.52. The van der Waals surface area contributed by atoms with Crippen LogP contribution in [0.3, 0.4) is 0 Å². The number of alkyl halides is 3. The zero-order valence-electron chi connectivity index (χ0n) is 15.1. The Bertz CT molecular complexity index is 986. The topological polar surface area (TPSA) is 80.0 Å². The molecule has 0 bridgehead atoms. The minimum Gasteiger partial charge on any atom is -0.376 e. The van der Waals surface area contributed by atoms with Gasteiger partial charge in [-0.2, -0.15) is 18.2 Å². The van der Waals surface area contributed by atoms with Gasteiger partial charge in [0.25, 0.3) is 0 Å². The lowest BCUT2D eigenvalue weighted by molar-refractivity contribution is -0.137. The van der Waals surface area contributed by atoms with E-state index in [1.165, 1.54) is 36.4 Å². The molecule has 0 saturated heterocycles. The highest BCUT2D eigenvalue weighted by atomic mass is 19.4. The van der Waals surface area contributed by atoms with Crippen molar-refractivity contribution in [2.45, 2.75) is 19.1 Å². The summed E-state index contributed by atoms with van der Waals surface area (Å²) in [5.41, 5.74) is -0.0967. The Kier molecular flexibility index (Phi) is 5.81. The van der Waals surface area contributed by atoms with Crippen LogP contribution in [-0.4, -0.2) is 22.6 Å². The molecule has 0 aliphatic rings. The molecule has 29 heavy (non-hydrogen) atoms. The van der Waals surface area contributed by atoms with Crippen molar-refractivity contribution in [1.29, 1.82) is 0 Å². The Morgan fingerprint density at radius 1 is 1.17 bits per heavy atom. The second-order valence-corrected chi connectivity index (χ2v) is 6.18. The van der Waals surface area contributed by atoms with Crippen molar-refractivity contribution in [1.82, 2.24) is 15.5 Å². The summed E-state index contributed by atoms with van der Waals surface area (Å²) in [6, 6.07) is 9.42. The van der Waals surface area contributed by atoms with Crippen LogP contribution in [0.5, 0.6) is 0 Å². The van der Waals surface area contributed by atoms with Gasteiger partial charge in [0.15, 0.2) is 0 Å². The number of anilines is 1. The van der Waals surface area contributed by atoms with Crippen molar-refractivity contribution in [3.8, 4) is 11.4 Å². The lowest BCUT2D eigenvalue weighted by Crippen LogP contribution is -2.32. The Hall–Kier alpha value is -3.43. The summed E-state index contributed by atoms with van der Waals surface area (Å²) in [5.74, 6) is -0.497. The van der Waals surface area contributed by atoms with Gasteiger partial charge < -0.3 is 15.2 Å². The first-order valence-electron chi connectivity index (χ1n) is 8.52. The minimum absolute atomic E-state index is 0.136. The monoisotopic (exact) mass is 408 g/mol. The number of rotatable bonds is 6. The maximum atomic E-state index is 13.0. The molecular weight excluding hydrogens is 392 g/mol. The predicted octanol–water partition coefficient (Wildman–Crippen LogP) is 4.18. The maximum absolute atomic E-state index is 13.0. The number of nitrogens with one attached hydrogen (secondary N) is 2. The molecule has 0 aliphatic heterocycles. The van der Waals surface area contributed by atoms with Crippen LogP contribution in [0.25, 0.3) is 11.4 Å². The molecule has 3 aromatic rings. The average molecular weight is 408 g/mol. The molecule has 0 spiro atoms. The third kappa shape index (κ3) is 5.31. The quantitative estimate of drug-likeness (QED) is 0.598. The molecule has 1 atom stereocenters. The van der Waals surface area contributed by atoms with Crippen LogP contribution in [0.2, 0.25) is 0 Å². The standard InChI is InChI=1S/C19H16F4N4O2/c1-11(18-26-17(27-29-18)12-5-7-14(20)8-6-12)25-16(28)10-24-15-4-2-3-13(9-15)19(21,22)23/h2-9,11,24H,10H2,1H3,(H,25,28). The molecule has 152 valence electrons. The van der Waals surface area contributed by atoms with Gasteiger partial charge in [-0.3, -0.25) is 4.79 Å². The SMILES string of the molecule is CC(NC(=O)CNc1cccc(C(F)(F)F)c1)c1nc(-c2ccc(F)cc2)no1. The molecule has 1 unspecified atom stereocenters. The van der Waals surface area contributed by atoms with E-state index in [9.17, 15) is 22.4 Å². The van der Waals surface area contributed by atoms with Gasteiger partial charge in [-0.25, -0.2) is 4.39 Å². The third-order valence-electron chi connectivity index (χ3n) is 3.94. The van der Waals surface area contributed by atoms with Crippen LogP contribution in [0.15, 0.2) is 53.1 Å². The largest absolute Gasteiger partial charge is 0.416 e. The Morgan fingerprint density at radius 3 is 2.59 bits per heavy atom. The average Bonchev–Trinajstić information content (AvgIpc) is 3.17. The number of carbonyl (C=O) groups is 1. The summed E-state index contributed by atoms with van der Waals surface area (Å²) in [4.78, 5) is 16.2. The van der Waals surface area contributed by atoms with E-state index >= 15 is 0 Å². The van der Waals surface area contributed by atoms with Gasteiger partial charge >= 0.3 is 6.18 Å². The molecule has 0 aliphatic carbocycles. The second kappa shape index (κ2) is 8.29. The van der Waals surface area contributed by atoms with Crippen molar-refractivity contribution < 1.29 is 26.9 Å². The molecule has 2 aromatic carbocycles. The van der Waals surface area contributed by atoms with E-state index in [1.54, 1.807) is 6.92 Å². The molecule has 2 N–H and O–H groups in total.